The van der Waals surface area contributed by atoms with E-state index in [9.17, 15) is 14.0 Å². The van der Waals surface area contributed by atoms with E-state index in [0.717, 1.165) is 24.9 Å². The number of piperidine rings is 1. The normalized spacial score (nSPS) is 17.7. The van der Waals surface area contributed by atoms with Crippen LogP contribution in [0.15, 0.2) is 24.3 Å². The van der Waals surface area contributed by atoms with Gasteiger partial charge in [-0.1, -0.05) is 19.1 Å². The summed E-state index contributed by atoms with van der Waals surface area (Å²) in [6, 6.07) is 5.98. The molecule has 1 aromatic carbocycles. The van der Waals surface area contributed by atoms with Crippen LogP contribution in [0.3, 0.4) is 0 Å². The van der Waals surface area contributed by atoms with Crippen molar-refractivity contribution in [2.45, 2.75) is 32.7 Å². The average molecular weight is 321 g/mol. The lowest BCUT2D eigenvalue weighted by atomic mass is 9.98. The second kappa shape index (κ2) is 8.50. The van der Waals surface area contributed by atoms with E-state index in [1.807, 2.05) is 6.92 Å². The first-order valence-corrected chi connectivity index (χ1v) is 8.12. The molecule has 0 radical (unpaired) electrons. The largest absolute Gasteiger partial charge is 0.356 e. The Bertz CT molecular complexity index is 533. The predicted octanol–water partition coefficient (Wildman–Crippen LogP) is 2.27. The monoisotopic (exact) mass is 321 g/mol. The standard InChI is InChI=1S/C17H24FN3O2/c1-2-16(22)19-11-14-4-3-9-21(12-14)17(23)20-10-13-5-7-15(18)8-6-13/h5-8,14H,2-4,9-12H2,1H3,(H,19,22)(H,20,23)/t14-/m1/s1. The third kappa shape index (κ3) is 5.54. The highest BCUT2D eigenvalue weighted by Crippen LogP contribution is 2.16. The van der Waals surface area contributed by atoms with Gasteiger partial charge in [-0.25, -0.2) is 9.18 Å². The minimum atomic E-state index is -0.284. The highest BCUT2D eigenvalue weighted by Gasteiger charge is 2.23. The Labute approximate surface area is 136 Å². The summed E-state index contributed by atoms with van der Waals surface area (Å²) in [7, 11) is 0. The molecule has 23 heavy (non-hydrogen) atoms. The van der Waals surface area contributed by atoms with Crippen LogP contribution in [0.25, 0.3) is 0 Å². The maximum absolute atomic E-state index is 12.8. The van der Waals surface area contributed by atoms with Crippen molar-refractivity contribution in [1.29, 1.82) is 0 Å². The molecule has 2 N–H and O–H groups in total. The van der Waals surface area contributed by atoms with Crippen LogP contribution in [0.2, 0.25) is 0 Å². The van der Waals surface area contributed by atoms with Crippen LogP contribution in [-0.4, -0.2) is 36.5 Å². The first kappa shape index (κ1) is 17.2. The van der Waals surface area contributed by atoms with Gasteiger partial charge in [0.1, 0.15) is 5.82 Å². The molecule has 1 heterocycles. The predicted molar refractivity (Wildman–Crippen MR) is 86.2 cm³/mol. The minimum Gasteiger partial charge on any atom is -0.356 e. The number of halogens is 1. The molecule has 0 unspecified atom stereocenters. The summed E-state index contributed by atoms with van der Waals surface area (Å²) in [5.41, 5.74) is 0.864. The summed E-state index contributed by atoms with van der Waals surface area (Å²) in [4.78, 5) is 25.3. The van der Waals surface area contributed by atoms with Gasteiger partial charge in [0.15, 0.2) is 0 Å². The van der Waals surface area contributed by atoms with Crippen LogP contribution in [-0.2, 0) is 11.3 Å². The highest BCUT2D eigenvalue weighted by molar-refractivity contribution is 5.75. The second-order valence-corrected chi connectivity index (χ2v) is 5.90. The van der Waals surface area contributed by atoms with Gasteiger partial charge in [-0.3, -0.25) is 4.79 Å². The van der Waals surface area contributed by atoms with Crippen LogP contribution in [0, 0.1) is 11.7 Å². The molecule has 1 aliphatic heterocycles. The van der Waals surface area contributed by atoms with Crippen LogP contribution >= 0.6 is 0 Å². The molecule has 6 heteroatoms. The Hall–Kier alpha value is -2.11. The lowest BCUT2D eigenvalue weighted by Crippen LogP contribution is -2.47. The highest BCUT2D eigenvalue weighted by atomic mass is 19.1. The third-order valence-electron chi connectivity index (χ3n) is 4.07. The number of benzene rings is 1. The number of carbonyl (C=O) groups is 2. The van der Waals surface area contributed by atoms with Gasteiger partial charge >= 0.3 is 6.03 Å². The summed E-state index contributed by atoms with van der Waals surface area (Å²) in [5, 5.41) is 5.75. The molecule has 1 saturated heterocycles. The maximum atomic E-state index is 12.8. The summed E-state index contributed by atoms with van der Waals surface area (Å²) in [6.07, 6.45) is 2.44. The van der Waals surface area contributed by atoms with Gasteiger partial charge < -0.3 is 15.5 Å². The Balaban J connectivity index is 1.77. The molecule has 2 rings (SSSR count). The topological polar surface area (TPSA) is 61.4 Å². The van der Waals surface area contributed by atoms with E-state index in [0.29, 0.717) is 32.0 Å². The SMILES string of the molecule is CCC(=O)NC[C@H]1CCCN(C(=O)NCc2ccc(F)cc2)C1. The molecule has 3 amide bonds. The fraction of sp³-hybridized carbons (Fsp3) is 0.529. The number of carbonyl (C=O) groups excluding carboxylic acids is 2. The summed E-state index contributed by atoms with van der Waals surface area (Å²) >= 11 is 0. The zero-order valence-corrected chi connectivity index (χ0v) is 13.5. The fourth-order valence-corrected chi connectivity index (χ4v) is 2.69. The van der Waals surface area contributed by atoms with Crippen molar-refractivity contribution in [1.82, 2.24) is 15.5 Å². The summed E-state index contributed by atoms with van der Waals surface area (Å²) in [5.74, 6) is 0.0618. The van der Waals surface area contributed by atoms with Crippen molar-refractivity contribution in [2.24, 2.45) is 5.92 Å². The van der Waals surface area contributed by atoms with Gasteiger partial charge in [-0.05, 0) is 36.5 Å². The maximum Gasteiger partial charge on any atom is 0.317 e. The number of hydrogen-bond donors (Lipinski definition) is 2. The molecule has 0 spiro atoms. The van der Waals surface area contributed by atoms with Crippen LogP contribution in [0.1, 0.15) is 31.7 Å². The molecule has 0 bridgehead atoms. The summed E-state index contributed by atoms with van der Waals surface area (Å²) in [6.45, 7) is 4.21. The minimum absolute atomic E-state index is 0.0443. The fourth-order valence-electron chi connectivity index (χ4n) is 2.69. The summed E-state index contributed by atoms with van der Waals surface area (Å²) < 4.78 is 12.8. The average Bonchev–Trinajstić information content (AvgIpc) is 2.59. The van der Waals surface area contributed by atoms with Crippen molar-refractivity contribution in [2.75, 3.05) is 19.6 Å². The zero-order valence-electron chi connectivity index (χ0n) is 13.5. The van der Waals surface area contributed by atoms with E-state index < -0.39 is 0 Å². The lowest BCUT2D eigenvalue weighted by Gasteiger charge is -2.32. The number of likely N-dealkylation sites (tertiary alicyclic amines) is 1. The van der Waals surface area contributed by atoms with E-state index in [4.69, 9.17) is 0 Å². The van der Waals surface area contributed by atoms with Crippen LogP contribution < -0.4 is 10.6 Å². The Morgan fingerprint density at radius 3 is 2.70 bits per heavy atom. The number of hydrogen-bond acceptors (Lipinski definition) is 2. The van der Waals surface area contributed by atoms with Crippen LogP contribution in [0.5, 0.6) is 0 Å². The smallest absolute Gasteiger partial charge is 0.317 e. The first-order chi connectivity index (χ1) is 11.1. The van der Waals surface area contributed by atoms with E-state index in [-0.39, 0.29) is 17.8 Å². The number of rotatable bonds is 5. The molecule has 5 nitrogen and oxygen atoms in total. The molecular weight excluding hydrogens is 297 g/mol. The Morgan fingerprint density at radius 2 is 2.00 bits per heavy atom. The molecule has 0 aliphatic carbocycles. The molecular formula is C17H24FN3O2. The molecule has 126 valence electrons. The number of nitrogens with zero attached hydrogens (tertiary/aromatic N) is 1. The molecule has 1 atom stereocenters. The van der Waals surface area contributed by atoms with E-state index >= 15 is 0 Å². The van der Waals surface area contributed by atoms with Gasteiger partial charge in [0.2, 0.25) is 5.91 Å². The van der Waals surface area contributed by atoms with Crippen molar-refractivity contribution < 1.29 is 14.0 Å². The second-order valence-electron chi connectivity index (χ2n) is 5.90. The van der Waals surface area contributed by atoms with Crippen molar-refractivity contribution in [3.05, 3.63) is 35.6 Å². The van der Waals surface area contributed by atoms with Crippen molar-refractivity contribution in [3.63, 3.8) is 0 Å². The van der Waals surface area contributed by atoms with Gasteiger partial charge in [-0.2, -0.15) is 0 Å². The van der Waals surface area contributed by atoms with Crippen LogP contribution in [0.4, 0.5) is 9.18 Å². The Morgan fingerprint density at radius 1 is 1.26 bits per heavy atom. The van der Waals surface area contributed by atoms with E-state index in [2.05, 4.69) is 10.6 Å². The van der Waals surface area contributed by atoms with Gasteiger partial charge in [0.25, 0.3) is 0 Å². The van der Waals surface area contributed by atoms with Gasteiger partial charge in [0, 0.05) is 32.6 Å². The lowest BCUT2D eigenvalue weighted by molar-refractivity contribution is -0.121. The van der Waals surface area contributed by atoms with Gasteiger partial charge in [-0.15, -0.1) is 0 Å². The molecule has 0 aromatic heterocycles. The molecule has 1 aliphatic rings. The van der Waals surface area contributed by atoms with E-state index in [1.54, 1.807) is 17.0 Å². The zero-order chi connectivity index (χ0) is 16.7. The van der Waals surface area contributed by atoms with E-state index in [1.165, 1.54) is 12.1 Å². The Kier molecular flexibility index (Phi) is 6.38. The molecule has 1 aromatic rings. The molecule has 1 fully saturated rings. The van der Waals surface area contributed by atoms with Crippen molar-refractivity contribution in [3.8, 4) is 0 Å². The van der Waals surface area contributed by atoms with Crippen molar-refractivity contribution >= 4 is 11.9 Å². The first-order valence-electron chi connectivity index (χ1n) is 8.12. The molecule has 0 saturated carbocycles. The number of urea groups is 1. The quantitative estimate of drug-likeness (QED) is 0.874. The third-order valence-corrected chi connectivity index (χ3v) is 4.07. The number of nitrogens with one attached hydrogen (secondary N) is 2. The van der Waals surface area contributed by atoms with Gasteiger partial charge in [0.05, 0.1) is 0 Å². The number of amides is 3.